The van der Waals surface area contributed by atoms with Crippen molar-refractivity contribution in [3.05, 3.63) is 11.4 Å². The van der Waals surface area contributed by atoms with Crippen LogP contribution >= 0.6 is 0 Å². The Morgan fingerprint density at radius 2 is 1.83 bits per heavy atom. The maximum absolute atomic E-state index is 12.5. The Balaban J connectivity index is 3.19. The molecule has 2 N–H and O–H groups in total. The van der Waals surface area contributed by atoms with Gasteiger partial charge in [0.05, 0.1) is 5.69 Å². The minimum atomic E-state index is -4.71. The van der Waals surface area contributed by atoms with E-state index >= 15 is 0 Å². The minimum absolute atomic E-state index is 0.405. The van der Waals surface area contributed by atoms with E-state index in [0.717, 1.165) is 4.68 Å². The number of nitrogen functional groups attached to an aromatic ring is 1. The van der Waals surface area contributed by atoms with Gasteiger partial charge >= 0.3 is 12.1 Å². The van der Waals surface area contributed by atoms with E-state index in [0.29, 0.717) is 0 Å². The molecule has 8 heteroatoms. The van der Waals surface area contributed by atoms with Gasteiger partial charge in [-0.3, -0.25) is 4.68 Å². The maximum atomic E-state index is 12.5. The van der Waals surface area contributed by atoms with Crippen molar-refractivity contribution in [3.63, 3.8) is 0 Å². The molecule has 0 saturated carbocycles. The number of halogens is 3. The van der Waals surface area contributed by atoms with Gasteiger partial charge in [-0.2, -0.15) is 18.3 Å². The van der Waals surface area contributed by atoms with Crippen molar-refractivity contribution in [2.24, 2.45) is 7.05 Å². The number of alkyl halides is 3. The number of ether oxygens (including phenoxy) is 1. The summed E-state index contributed by atoms with van der Waals surface area (Å²) in [5.41, 5.74) is 2.06. The summed E-state index contributed by atoms with van der Waals surface area (Å²) in [5.74, 6) is -0.939. The van der Waals surface area contributed by atoms with Gasteiger partial charge in [0.2, 0.25) is 0 Å². The molecule has 1 rings (SSSR count). The van der Waals surface area contributed by atoms with Crippen LogP contribution in [-0.2, 0) is 18.0 Å². The van der Waals surface area contributed by atoms with Crippen LogP contribution in [0.25, 0.3) is 0 Å². The third kappa shape index (κ3) is 2.93. The zero-order chi connectivity index (χ0) is 14.3. The maximum Gasteiger partial charge on any atom is 0.437 e. The van der Waals surface area contributed by atoms with Crippen LogP contribution < -0.4 is 5.73 Å². The van der Waals surface area contributed by atoms with E-state index in [1.165, 1.54) is 7.05 Å². The van der Waals surface area contributed by atoms with Gasteiger partial charge in [-0.25, -0.2) is 4.79 Å². The van der Waals surface area contributed by atoms with E-state index in [2.05, 4.69) is 5.10 Å². The van der Waals surface area contributed by atoms with Crippen LogP contribution in [0.5, 0.6) is 0 Å². The smallest absolute Gasteiger partial charge is 0.437 e. The number of aromatic nitrogens is 2. The molecular weight excluding hydrogens is 251 g/mol. The van der Waals surface area contributed by atoms with Crippen LogP contribution in [-0.4, -0.2) is 21.4 Å². The van der Waals surface area contributed by atoms with Gasteiger partial charge in [0.15, 0.2) is 11.4 Å². The molecule has 0 aliphatic heterocycles. The first-order valence-corrected chi connectivity index (χ1v) is 5.06. The molecule has 0 unspecified atom stereocenters. The van der Waals surface area contributed by atoms with E-state index in [-0.39, 0.29) is 0 Å². The number of anilines is 1. The summed E-state index contributed by atoms with van der Waals surface area (Å²) >= 11 is 0. The Morgan fingerprint density at radius 1 is 1.33 bits per heavy atom. The molecule has 18 heavy (non-hydrogen) atoms. The van der Waals surface area contributed by atoms with Gasteiger partial charge < -0.3 is 10.5 Å². The van der Waals surface area contributed by atoms with Crippen molar-refractivity contribution in [3.8, 4) is 0 Å². The summed E-state index contributed by atoms with van der Waals surface area (Å²) < 4.78 is 43.3. The second-order valence-corrected chi connectivity index (χ2v) is 4.73. The van der Waals surface area contributed by atoms with Crippen molar-refractivity contribution in [1.29, 1.82) is 0 Å². The predicted octanol–water partition coefficient (Wildman–Crippen LogP) is 1.98. The molecule has 0 aliphatic rings. The number of nitrogens with zero attached hydrogens (tertiary/aromatic N) is 2. The molecule has 0 spiro atoms. The molecule has 0 fully saturated rings. The van der Waals surface area contributed by atoms with Crippen LogP contribution in [0.1, 0.15) is 37.0 Å². The Morgan fingerprint density at radius 3 is 2.17 bits per heavy atom. The molecule has 0 aliphatic carbocycles. The fourth-order valence-electron chi connectivity index (χ4n) is 1.32. The number of nitrogens with two attached hydrogens (primary N) is 1. The number of aryl methyl sites for hydroxylation is 1. The minimum Gasteiger partial charge on any atom is -0.455 e. The number of carbonyl (C=O) groups is 1. The molecule has 1 aromatic rings. The Labute approximate surface area is 102 Å². The van der Waals surface area contributed by atoms with Crippen molar-refractivity contribution in [2.75, 3.05) is 5.73 Å². The van der Waals surface area contributed by atoms with Crippen molar-refractivity contribution in [2.45, 2.75) is 32.5 Å². The Bertz CT molecular complexity index is 472. The third-order valence-electron chi connectivity index (χ3n) is 1.94. The average Bonchev–Trinajstić information content (AvgIpc) is 2.37. The second kappa shape index (κ2) is 4.18. The average molecular weight is 265 g/mol. The van der Waals surface area contributed by atoms with Gasteiger partial charge in [-0.1, -0.05) is 0 Å². The topological polar surface area (TPSA) is 70.1 Å². The van der Waals surface area contributed by atoms with Crippen LogP contribution in [0.4, 0.5) is 18.9 Å². The monoisotopic (exact) mass is 265 g/mol. The number of esters is 1. The lowest BCUT2D eigenvalue weighted by Gasteiger charge is -2.19. The number of rotatable bonds is 1. The third-order valence-corrected chi connectivity index (χ3v) is 1.94. The largest absolute Gasteiger partial charge is 0.455 e. The van der Waals surface area contributed by atoms with E-state index < -0.39 is 34.8 Å². The Kier molecular flexibility index (Phi) is 3.33. The molecule has 1 heterocycles. The molecule has 0 amide bonds. The molecule has 1 aromatic heterocycles. The van der Waals surface area contributed by atoms with Crippen molar-refractivity contribution < 1.29 is 22.7 Å². The lowest BCUT2D eigenvalue weighted by atomic mass is 10.2. The molecule has 0 radical (unpaired) electrons. The number of carbonyl (C=O) groups excluding carboxylic acids is 1. The first-order chi connectivity index (χ1) is 7.93. The fraction of sp³-hybridized carbons (Fsp3) is 0.600. The number of hydrogen-bond acceptors (Lipinski definition) is 4. The van der Waals surface area contributed by atoms with Crippen LogP contribution in [0.2, 0.25) is 0 Å². The predicted molar refractivity (Wildman–Crippen MR) is 57.8 cm³/mol. The molecular formula is C10H14F3N3O2. The molecule has 102 valence electrons. The van der Waals surface area contributed by atoms with Crippen LogP contribution in [0.15, 0.2) is 0 Å². The summed E-state index contributed by atoms with van der Waals surface area (Å²) in [5, 5.41) is 3.20. The normalized spacial score (nSPS) is 12.6. The van der Waals surface area contributed by atoms with Gasteiger partial charge in [0.1, 0.15) is 5.60 Å². The highest BCUT2D eigenvalue weighted by Crippen LogP contribution is 2.34. The highest BCUT2D eigenvalue weighted by molar-refractivity contribution is 5.94. The summed E-state index contributed by atoms with van der Waals surface area (Å²) in [4.78, 5) is 11.7. The number of hydrogen-bond donors (Lipinski definition) is 1. The standard InChI is InChI=1S/C10H14F3N3O2/c1-9(2,3)18-8(17)6-5(14)7(10(11,12)13)15-16(6)4/h14H2,1-4H3. The summed E-state index contributed by atoms with van der Waals surface area (Å²) in [6.45, 7) is 4.80. The summed E-state index contributed by atoms with van der Waals surface area (Å²) in [6.07, 6.45) is -4.71. The summed E-state index contributed by atoms with van der Waals surface area (Å²) in [7, 11) is 1.20. The zero-order valence-electron chi connectivity index (χ0n) is 10.4. The lowest BCUT2D eigenvalue weighted by Crippen LogP contribution is -2.25. The first kappa shape index (κ1) is 14.3. The molecule has 0 atom stereocenters. The second-order valence-electron chi connectivity index (χ2n) is 4.73. The Hall–Kier alpha value is -1.73. The fourth-order valence-corrected chi connectivity index (χ4v) is 1.32. The highest BCUT2D eigenvalue weighted by atomic mass is 19.4. The first-order valence-electron chi connectivity index (χ1n) is 5.06. The lowest BCUT2D eigenvalue weighted by molar-refractivity contribution is -0.140. The summed E-state index contributed by atoms with van der Waals surface area (Å²) in [6, 6.07) is 0. The zero-order valence-corrected chi connectivity index (χ0v) is 10.4. The van der Waals surface area contributed by atoms with E-state index in [1.807, 2.05) is 0 Å². The van der Waals surface area contributed by atoms with E-state index in [4.69, 9.17) is 10.5 Å². The SMILES string of the molecule is Cn1nc(C(F)(F)F)c(N)c1C(=O)OC(C)(C)C. The van der Waals surface area contributed by atoms with Gasteiger partial charge in [-0.15, -0.1) is 0 Å². The highest BCUT2D eigenvalue weighted by Gasteiger charge is 2.40. The quantitative estimate of drug-likeness (QED) is 0.788. The van der Waals surface area contributed by atoms with Gasteiger partial charge in [-0.05, 0) is 20.8 Å². The van der Waals surface area contributed by atoms with Crippen LogP contribution in [0.3, 0.4) is 0 Å². The van der Waals surface area contributed by atoms with Crippen molar-refractivity contribution in [1.82, 2.24) is 9.78 Å². The van der Waals surface area contributed by atoms with Gasteiger partial charge in [0, 0.05) is 7.05 Å². The van der Waals surface area contributed by atoms with Crippen molar-refractivity contribution >= 4 is 11.7 Å². The molecule has 5 nitrogen and oxygen atoms in total. The molecule has 0 bridgehead atoms. The molecule has 0 saturated heterocycles. The van der Waals surface area contributed by atoms with Gasteiger partial charge in [0.25, 0.3) is 0 Å². The van der Waals surface area contributed by atoms with E-state index in [9.17, 15) is 18.0 Å². The van der Waals surface area contributed by atoms with E-state index in [1.54, 1.807) is 20.8 Å². The molecule has 0 aromatic carbocycles. The van der Waals surface area contributed by atoms with Crippen LogP contribution in [0, 0.1) is 0 Å².